The number of carbonyl (C=O) groups is 1. The van der Waals surface area contributed by atoms with Gasteiger partial charge in [-0.05, 0) is 110 Å². The summed E-state index contributed by atoms with van der Waals surface area (Å²) in [6.45, 7) is 6.06. The molecule has 196 valence electrons. The van der Waals surface area contributed by atoms with Crippen LogP contribution in [0.5, 0.6) is 0 Å². The molecular formula is C30H41NO5. The highest BCUT2D eigenvalue weighted by atomic mass is 16.6. The van der Waals surface area contributed by atoms with Crippen LogP contribution in [0.2, 0.25) is 0 Å². The summed E-state index contributed by atoms with van der Waals surface area (Å²) >= 11 is 0. The zero-order valence-corrected chi connectivity index (χ0v) is 21.8. The third-order valence-electron chi connectivity index (χ3n) is 11.1. The first-order valence-corrected chi connectivity index (χ1v) is 14.2. The number of aliphatic hydroxyl groups is 1. The molecule has 1 aliphatic heterocycles. The third-order valence-corrected chi connectivity index (χ3v) is 11.1. The fourth-order valence-electron chi connectivity index (χ4n) is 9.06. The van der Waals surface area contributed by atoms with E-state index in [0.717, 1.165) is 44.1 Å². The van der Waals surface area contributed by atoms with E-state index >= 15 is 0 Å². The van der Waals surface area contributed by atoms with Gasteiger partial charge >= 0.3 is 11.7 Å². The number of allylic oxidation sites excluding steroid dienone is 2. The van der Waals surface area contributed by atoms with E-state index in [-0.39, 0.29) is 23.2 Å². The monoisotopic (exact) mass is 495 g/mol. The summed E-state index contributed by atoms with van der Waals surface area (Å²) in [5.41, 5.74) is 2.99. The van der Waals surface area contributed by atoms with Crippen LogP contribution in [0.15, 0.2) is 39.3 Å². The largest absolute Gasteiger partial charge is 0.446 e. The number of ether oxygens (including phenoxy) is 1. The van der Waals surface area contributed by atoms with E-state index < -0.39 is 6.10 Å². The second kappa shape index (κ2) is 9.04. The number of nitrogens with zero attached hydrogens (tertiary/aromatic N) is 1. The van der Waals surface area contributed by atoms with Crippen molar-refractivity contribution in [1.82, 2.24) is 4.90 Å². The van der Waals surface area contributed by atoms with E-state index in [1.54, 1.807) is 22.8 Å². The lowest BCUT2D eigenvalue weighted by Gasteiger charge is -2.59. The minimum atomic E-state index is -0.418. The first kappa shape index (κ1) is 24.3. The maximum Gasteiger partial charge on any atom is 0.410 e. The lowest BCUT2D eigenvalue weighted by molar-refractivity contribution is -0.0883. The summed E-state index contributed by atoms with van der Waals surface area (Å²) in [5, 5.41) is 9.94. The van der Waals surface area contributed by atoms with Crippen molar-refractivity contribution in [3.05, 3.63) is 46.0 Å². The van der Waals surface area contributed by atoms with E-state index in [0.29, 0.717) is 42.2 Å². The van der Waals surface area contributed by atoms with E-state index in [1.807, 2.05) is 6.07 Å². The van der Waals surface area contributed by atoms with Gasteiger partial charge in [-0.15, -0.1) is 0 Å². The van der Waals surface area contributed by atoms with Gasteiger partial charge in [0, 0.05) is 19.2 Å². The van der Waals surface area contributed by atoms with Gasteiger partial charge in [0.05, 0.1) is 12.4 Å². The van der Waals surface area contributed by atoms with E-state index in [9.17, 15) is 14.7 Å². The van der Waals surface area contributed by atoms with Crippen molar-refractivity contribution in [3.63, 3.8) is 0 Å². The van der Waals surface area contributed by atoms with Crippen molar-refractivity contribution in [3.8, 4) is 0 Å². The zero-order chi connectivity index (χ0) is 25.1. The number of carbonyl (C=O) groups excluding carboxylic acids is 1. The summed E-state index contributed by atoms with van der Waals surface area (Å²) in [5.74, 6) is 2.33. The molecule has 8 atom stereocenters. The molecule has 1 N–H and O–H groups in total. The van der Waals surface area contributed by atoms with Gasteiger partial charge in [0.1, 0.15) is 6.10 Å². The highest BCUT2D eigenvalue weighted by Gasteiger charge is 2.58. The standard InChI is InChI=1S/C30H41NO5/c1-29-13-11-22(36-28(34)31-15-3-4-21(32)17-31)16-20(29)6-7-23-25-9-8-24(19-5-10-27(33)35-18-19)30(25,2)14-12-26(23)29/h5,9-10,18,20-24,26,32H,3-4,6-8,11-17H2,1-2H3. The van der Waals surface area contributed by atoms with Crippen LogP contribution in [0.25, 0.3) is 0 Å². The molecule has 1 saturated heterocycles. The van der Waals surface area contributed by atoms with Crippen LogP contribution >= 0.6 is 0 Å². The number of aliphatic hydroxyl groups excluding tert-OH is 1. The number of likely N-dealkylation sites (tertiary alicyclic amines) is 1. The van der Waals surface area contributed by atoms with Crippen LogP contribution in [-0.2, 0) is 4.74 Å². The number of rotatable bonds is 2. The third kappa shape index (κ3) is 3.95. The Balaban J connectivity index is 1.14. The SMILES string of the molecule is CC12CCC3C(CCC4CC(OC(=O)N5CCCC(O)C5)CCC43C)C1=CCC2c1ccc(=O)oc1. The Morgan fingerprint density at radius 3 is 2.78 bits per heavy atom. The molecule has 4 aliphatic carbocycles. The number of hydrogen-bond acceptors (Lipinski definition) is 5. The molecule has 1 amide bonds. The Kier molecular flexibility index (Phi) is 6.09. The molecule has 0 radical (unpaired) electrons. The first-order chi connectivity index (χ1) is 17.3. The Morgan fingerprint density at radius 1 is 1.14 bits per heavy atom. The smallest absolute Gasteiger partial charge is 0.410 e. The molecule has 36 heavy (non-hydrogen) atoms. The Hall–Kier alpha value is -2.08. The summed E-state index contributed by atoms with van der Waals surface area (Å²) < 4.78 is 11.2. The Labute approximate surface area is 214 Å². The number of fused-ring (bicyclic) bond motifs is 5. The lowest BCUT2D eigenvalue weighted by Crippen LogP contribution is -2.52. The average Bonchev–Trinajstić information content (AvgIpc) is 3.22. The quantitative estimate of drug-likeness (QED) is 0.537. The summed E-state index contributed by atoms with van der Waals surface area (Å²) in [6, 6.07) is 3.53. The van der Waals surface area contributed by atoms with E-state index in [1.165, 1.54) is 25.7 Å². The van der Waals surface area contributed by atoms with Crippen molar-refractivity contribution in [1.29, 1.82) is 0 Å². The van der Waals surface area contributed by atoms with Gasteiger partial charge in [-0.1, -0.05) is 25.5 Å². The maximum atomic E-state index is 12.8. The van der Waals surface area contributed by atoms with E-state index in [4.69, 9.17) is 9.15 Å². The summed E-state index contributed by atoms with van der Waals surface area (Å²) in [4.78, 5) is 26.0. The fraction of sp³-hybridized carbons (Fsp3) is 0.733. The second-order valence-electron chi connectivity index (χ2n) is 12.8. The van der Waals surface area contributed by atoms with E-state index in [2.05, 4.69) is 19.9 Å². The van der Waals surface area contributed by atoms with Gasteiger partial charge in [0.25, 0.3) is 0 Å². The molecule has 0 spiro atoms. The Morgan fingerprint density at radius 2 is 2.00 bits per heavy atom. The van der Waals surface area contributed by atoms with Crippen LogP contribution < -0.4 is 5.63 Å². The van der Waals surface area contributed by atoms with Gasteiger partial charge in [-0.3, -0.25) is 0 Å². The molecule has 5 aliphatic rings. The molecule has 0 bridgehead atoms. The maximum absolute atomic E-state index is 12.8. The number of amides is 1. The predicted molar refractivity (Wildman–Crippen MR) is 137 cm³/mol. The molecule has 0 aromatic carbocycles. The minimum Gasteiger partial charge on any atom is -0.446 e. The van der Waals surface area contributed by atoms with Crippen molar-refractivity contribution < 1.29 is 19.1 Å². The van der Waals surface area contributed by atoms with Crippen LogP contribution in [-0.4, -0.2) is 41.4 Å². The van der Waals surface area contributed by atoms with Gasteiger partial charge in [0.2, 0.25) is 0 Å². The molecule has 1 aromatic rings. The predicted octanol–water partition coefficient (Wildman–Crippen LogP) is 5.65. The van der Waals surface area contributed by atoms with Crippen LogP contribution in [0.3, 0.4) is 0 Å². The molecule has 8 unspecified atom stereocenters. The number of piperidine rings is 1. The van der Waals surface area contributed by atoms with Crippen molar-refractivity contribution >= 4 is 6.09 Å². The fourth-order valence-corrected chi connectivity index (χ4v) is 9.06. The topological polar surface area (TPSA) is 80.0 Å². The molecular weight excluding hydrogens is 454 g/mol. The molecule has 6 nitrogen and oxygen atoms in total. The van der Waals surface area contributed by atoms with Crippen molar-refractivity contribution in [2.45, 2.75) is 96.2 Å². The average molecular weight is 496 g/mol. The van der Waals surface area contributed by atoms with Gasteiger partial charge < -0.3 is 19.2 Å². The van der Waals surface area contributed by atoms with Crippen molar-refractivity contribution in [2.24, 2.45) is 28.6 Å². The van der Waals surface area contributed by atoms with Gasteiger partial charge in [-0.2, -0.15) is 0 Å². The van der Waals surface area contributed by atoms with Crippen LogP contribution in [0.1, 0.15) is 89.5 Å². The number of β-amino-alcohol motifs (C(OH)–C–C–N with tert-alkyl or cyclic N) is 1. The lowest BCUT2D eigenvalue weighted by atomic mass is 9.46. The molecule has 1 aromatic heterocycles. The second-order valence-corrected chi connectivity index (χ2v) is 12.8. The molecule has 6 rings (SSSR count). The van der Waals surface area contributed by atoms with Gasteiger partial charge in [-0.25, -0.2) is 9.59 Å². The van der Waals surface area contributed by atoms with Crippen LogP contribution in [0.4, 0.5) is 4.79 Å². The molecule has 3 saturated carbocycles. The van der Waals surface area contributed by atoms with Gasteiger partial charge in [0.15, 0.2) is 0 Å². The summed E-state index contributed by atoms with van der Waals surface area (Å²) in [7, 11) is 0. The number of hydrogen-bond donors (Lipinski definition) is 1. The highest BCUT2D eigenvalue weighted by Crippen LogP contribution is 2.67. The first-order valence-electron chi connectivity index (χ1n) is 14.2. The minimum absolute atomic E-state index is 0.00265. The molecule has 6 heteroatoms. The highest BCUT2D eigenvalue weighted by molar-refractivity contribution is 5.68. The normalized spacial score (nSPS) is 42.1. The summed E-state index contributed by atoms with van der Waals surface area (Å²) in [6.07, 6.45) is 14.1. The Bertz CT molecular complexity index is 1070. The van der Waals surface area contributed by atoms with Crippen LogP contribution in [0, 0.1) is 28.6 Å². The molecule has 2 heterocycles. The van der Waals surface area contributed by atoms with Crippen molar-refractivity contribution in [2.75, 3.05) is 13.1 Å². The zero-order valence-electron chi connectivity index (χ0n) is 21.8. The molecule has 4 fully saturated rings.